The van der Waals surface area contributed by atoms with E-state index < -0.39 is 23.8 Å². The molecule has 0 unspecified atom stereocenters. The summed E-state index contributed by atoms with van der Waals surface area (Å²) in [4.78, 5) is 63.6. The molecule has 2 aromatic carbocycles. The lowest BCUT2D eigenvalue weighted by atomic mass is 10.1. The first-order valence-electron chi connectivity index (χ1n) is 14.6. The highest BCUT2D eigenvalue weighted by molar-refractivity contribution is 5.97. The Morgan fingerprint density at radius 1 is 0.884 bits per heavy atom. The van der Waals surface area contributed by atoms with Crippen LogP contribution in [0.3, 0.4) is 0 Å². The number of ether oxygens (including phenoxy) is 1. The summed E-state index contributed by atoms with van der Waals surface area (Å²) in [6.45, 7) is 1.18. The molecule has 2 fully saturated rings. The largest absolute Gasteiger partial charge is 0.481 e. The molecule has 1 saturated heterocycles. The third-order valence-electron chi connectivity index (χ3n) is 7.71. The maximum absolute atomic E-state index is 13.6. The van der Waals surface area contributed by atoms with Crippen LogP contribution >= 0.6 is 0 Å². The molecule has 0 bridgehead atoms. The van der Waals surface area contributed by atoms with Crippen LogP contribution < -0.4 is 10.1 Å². The van der Waals surface area contributed by atoms with E-state index in [1.807, 2.05) is 36.4 Å². The normalized spacial score (nSPS) is 16.0. The molecule has 1 aromatic heterocycles. The second-order valence-corrected chi connectivity index (χ2v) is 10.7. The van der Waals surface area contributed by atoms with Crippen molar-refractivity contribution >= 4 is 23.7 Å². The van der Waals surface area contributed by atoms with Crippen LogP contribution in [-0.4, -0.2) is 86.9 Å². The van der Waals surface area contributed by atoms with Crippen LogP contribution in [-0.2, 0) is 9.59 Å². The van der Waals surface area contributed by atoms with Crippen LogP contribution in [0, 0.1) is 0 Å². The number of aliphatic carboxylic acids is 1. The molecule has 1 aliphatic heterocycles. The molecule has 11 heteroatoms. The van der Waals surface area contributed by atoms with Gasteiger partial charge in [-0.2, -0.15) is 4.98 Å². The van der Waals surface area contributed by atoms with Crippen LogP contribution in [0.15, 0.2) is 66.7 Å². The number of carbonyl (C=O) groups is 4. The van der Waals surface area contributed by atoms with Gasteiger partial charge in [-0.1, -0.05) is 48.5 Å². The van der Waals surface area contributed by atoms with Crippen molar-refractivity contribution in [1.29, 1.82) is 0 Å². The maximum atomic E-state index is 13.6. The van der Waals surface area contributed by atoms with Crippen molar-refractivity contribution < 1.29 is 29.0 Å². The number of hydrogen-bond acceptors (Lipinski definition) is 7. The lowest BCUT2D eigenvalue weighted by molar-refractivity contribution is -0.138. The zero-order valence-corrected chi connectivity index (χ0v) is 23.9. The Labute approximate surface area is 249 Å². The van der Waals surface area contributed by atoms with E-state index in [0.717, 1.165) is 25.7 Å². The van der Waals surface area contributed by atoms with Crippen molar-refractivity contribution in [3.63, 3.8) is 0 Å². The third kappa shape index (κ3) is 7.73. The number of amides is 3. The van der Waals surface area contributed by atoms with E-state index in [1.165, 1.54) is 6.07 Å². The van der Waals surface area contributed by atoms with Gasteiger partial charge < -0.3 is 25.0 Å². The molecule has 1 aliphatic carbocycles. The van der Waals surface area contributed by atoms with Crippen molar-refractivity contribution in [1.82, 2.24) is 25.1 Å². The maximum Gasteiger partial charge on any atom is 0.303 e. The monoisotopic (exact) mass is 585 g/mol. The van der Waals surface area contributed by atoms with E-state index in [1.54, 1.807) is 34.1 Å². The fraction of sp³-hybridized carbons (Fsp3) is 0.375. The Morgan fingerprint density at radius 2 is 1.51 bits per heavy atom. The predicted octanol–water partition coefficient (Wildman–Crippen LogP) is 3.41. The fourth-order valence-electron chi connectivity index (χ4n) is 5.37. The van der Waals surface area contributed by atoms with Crippen molar-refractivity contribution in [2.75, 3.05) is 26.2 Å². The van der Waals surface area contributed by atoms with Gasteiger partial charge in [0.05, 0.1) is 0 Å². The molecule has 2 heterocycles. The first-order chi connectivity index (χ1) is 20.9. The van der Waals surface area contributed by atoms with E-state index in [-0.39, 0.29) is 49.5 Å². The summed E-state index contributed by atoms with van der Waals surface area (Å²) in [5.74, 6) is -1.63. The minimum absolute atomic E-state index is 0.00627. The molecule has 224 valence electrons. The average molecular weight is 586 g/mol. The smallest absolute Gasteiger partial charge is 0.303 e. The molecule has 3 aromatic rings. The van der Waals surface area contributed by atoms with Gasteiger partial charge in [-0.25, -0.2) is 4.98 Å². The van der Waals surface area contributed by atoms with Gasteiger partial charge in [0.15, 0.2) is 5.82 Å². The molecular formula is C32H35N5O6. The molecule has 43 heavy (non-hydrogen) atoms. The van der Waals surface area contributed by atoms with E-state index in [4.69, 9.17) is 4.74 Å². The number of nitrogens with one attached hydrogen (secondary N) is 1. The summed E-state index contributed by atoms with van der Waals surface area (Å²) >= 11 is 0. The molecular weight excluding hydrogens is 550 g/mol. The number of aromatic nitrogens is 2. The summed E-state index contributed by atoms with van der Waals surface area (Å²) in [5.41, 5.74) is 1.30. The summed E-state index contributed by atoms with van der Waals surface area (Å²) < 4.78 is 6.10. The quantitative estimate of drug-likeness (QED) is 0.369. The number of rotatable bonds is 10. The van der Waals surface area contributed by atoms with Crippen molar-refractivity contribution in [3.05, 3.63) is 78.0 Å². The minimum atomic E-state index is -1.09. The minimum Gasteiger partial charge on any atom is -0.481 e. The van der Waals surface area contributed by atoms with Crippen molar-refractivity contribution in [2.24, 2.45) is 0 Å². The topological polar surface area (TPSA) is 142 Å². The number of carboxylic acid groups (broad SMARTS) is 1. The first-order valence-corrected chi connectivity index (χ1v) is 14.6. The van der Waals surface area contributed by atoms with Crippen LogP contribution in [0.25, 0.3) is 11.4 Å². The standard InChI is InChI=1S/C32H35N5O6/c38-28(39)16-15-25(32(42)37-19-17-36(18-20-37)31(41)23-11-5-2-6-12-23)34-30(40)26-21-27(43-24-13-7-8-14-24)35-29(33-26)22-9-3-1-4-10-22/h1-6,9-12,21,24-25H,7-8,13-20H2,(H,34,40)(H,38,39)/t25-/m0/s1. The van der Waals surface area contributed by atoms with Crippen LogP contribution in [0.5, 0.6) is 5.88 Å². The Morgan fingerprint density at radius 3 is 2.16 bits per heavy atom. The molecule has 2 N–H and O–H groups in total. The van der Waals surface area contributed by atoms with Crippen LogP contribution in [0.2, 0.25) is 0 Å². The highest BCUT2D eigenvalue weighted by Crippen LogP contribution is 2.25. The number of hydrogen-bond donors (Lipinski definition) is 2. The van der Waals surface area contributed by atoms with Gasteiger partial charge in [-0.05, 0) is 44.2 Å². The van der Waals surface area contributed by atoms with Gasteiger partial charge in [-0.15, -0.1) is 0 Å². The number of nitrogens with zero attached hydrogens (tertiary/aromatic N) is 4. The molecule has 1 atom stereocenters. The van der Waals surface area contributed by atoms with E-state index in [2.05, 4.69) is 15.3 Å². The number of carboxylic acids is 1. The third-order valence-corrected chi connectivity index (χ3v) is 7.71. The second-order valence-electron chi connectivity index (χ2n) is 10.7. The van der Waals surface area contributed by atoms with E-state index >= 15 is 0 Å². The van der Waals surface area contributed by atoms with Gasteiger partial charge in [0, 0.05) is 49.8 Å². The average Bonchev–Trinajstić information content (AvgIpc) is 3.56. The van der Waals surface area contributed by atoms with Gasteiger partial charge >= 0.3 is 5.97 Å². The molecule has 2 aliphatic rings. The predicted molar refractivity (Wildman–Crippen MR) is 157 cm³/mol. The highest BCUT2D eigenvalue weighted by Gasteiger charge is 2.31. The van der Waals surface area contributed by atoms with Crippen molar-refractivity contribution in [3.8, 4) is 17.3 Å². The second kappa shape index (κ2) is 13.9. The molecule has 1 saturated carbocycles. The summed E-state index contributed by atoms with van der Waals surface area (Å²) in [5, 5.41) is 12.1. The zero-order chi connectivity index (χ0) is 30.2. The van der Waals surface area contributed by atoms with Crippen LogP contribution in [0.4, 0.5) is 0 Å². The SMILES string of the molecule is O=C(O)CC[C@H](NC(=O)c1cc(OC2CCCC2)nc(-c2ccccc2)n1)C(=O)N1CCN(C(=O)c2ccccc2)CC1. The Balaban J connectivity index is 1.31. The highest BCUT2D eigenvalue weighted by atomic mass is 16.5. The Hall–Kier alpha value is -4.80. The van der Waals surface area contributed by atoms with Crippen molar-refractivity contribution in [2.45, 2.75) is 50.7 Å². The summed E-state index contributed by atoms with van der Waals surface area (Å²) in [7, 11) is 0. The van der Waals surface area contributed by atoms with Gasteiger partial charge in [0.1, 0.15) is 17.8 Å². The van der Waals surface area contributed by atoms with Gasteiger partial charge in [0.25, 0.3) is 11.8 Å². The summed E-state index contributed by atoms with van der Waals surface area (Å²) in [6, 6.07) is 18.5. The first kappa shape index (κ1) is 29.7. The lowest BCUT2D eigenvalue weighted by Gasteiger charge is -2.36. The molecule has 11 nitrogen and oxygen atoms in total. The molecule has 3 amide bonds. The molecule has 0 radical (unpaired) electrons. The van der Waals surface area contributed by atoms with Crippen LogP contribution in [0.1, 0.15) is 59.4 Å². The Kier molecular flexibility index (Phi) is 9.60. The van der Waals surface area contributed by atoms with E-state index in [9.17, 15) is 24.3 Å². The number of benzene rings is 2. The lowest BCUT2D eigenvalue weighted by Crippen LogP contribution is -2.56. The number of carbonyl (C=O) groups excluding carboxylic acids is 3. The zero-order valence-electron chi connectivity index (χ0n) is 23.9. The molecule has 0 spiro atoms. The Bertz CT molecular complexity index is 1440. The fourth-order valence-corrected chi connectivity index (χ4v) is 5.37. The van der Waals surface area contributed by atoms with Gasteiger partial charge in [-0.3, -0.25) is 19.2 Å². The molecule has 5 rings (SSSR count). The summed E-state index contributed by atoms with van der Waals surface area (Å²) in [6.07, 6.45) is 3.55. The van der Waals surface area contributed by atoms with Gasteiger partial charge in [0.2, 0.25) is 11.8 Å². The number of piperazine rings is 1. The van der Waals surface area contributed by atoms with E-state index in [0.29, 0.717) is 30.0 Å².